The molecule has 9 heavy (non-hydrogen) atoms. The van der Waals surface area contributed by atoms with E-state index in [-0.39, 0.29) is 0 Å². The molecule has 1 aromatic heterocycles. The zero-order valence-corrected chi connectivity index (χ0v) is 4.91. The molecule has 0 atom stereocenters. The molecule has 1 heterocycles. The van der Waals surface area contributed by atoms with Crippen molar-refractivity contribution in [2.75, 3.05) is 5.73 Å². The van der Waals surface area contributed by atoms with Crippen molar-refractivity contribution in [3.05, 3.63) is 24.7 Å². The summed E-state index contributed by atoms with van der Waals surface area (Å²) in [6, 6.07) is 0. The van der Waals surface area contributed by atoms with Gasteiger partial charge >= 0.3 is 0 Å². The number of aromatic nitrogens is 2. The van der Waals surface area contributed by atoms with Gasteiger partial charge in [-0.05, 0) is 0 Å². The first-order chi connectivity index (χ1) is 4.34. The molecular weight excluding hydrogens is 114 g/mol. The molecule has 0 bridgehead atoms. The molecule has 0 saturated carbocycles. The first-order valence-corrected chi connectivity index (χ1v) is 2.52. The lowest BCUT2D eigenvalue weighted by Crippen LogP contribution is -1.93. The topological polar surface area (TPSA) is 51.8 Å². The third-order valence-corrected chi connectivity index (χ3v) is 0.993. The Morgan fingerprint density at radius 3 is 2.89 bits per heavy atom. The molecule has 0 amide bonds. The Kier molecular flexibility index (Phi) is 1.44. The minimum Gasteiger partial charge on any atom is -0.383 e. The minimum atomic E-state index is 0.472. The van der Waals surface area contributed by atoms with Crippen LogP contribution in [0.3, 0.4) is 0 Å². The standard InChI is InChI=1S/C6H7N3/c1-2-5-3-8-4-9-6(5)7/h2-4H,1H2,(H2,7,8,9). The van der Waals surface area contributed by atoms with E-state index >= 15 is 0 Å². The first-order valence-electron chi connectivity index (χ1n) is 2.52. The molecular formula is C6H7N3. The van der Waals surface area contributed by atoms with Gasteiger partial charge < -0.3 is 5.73 Å². The predicted molar refractivity (Wildman–Crippen MR) is 36.5 cm³/mol. The molecule has 0 fully saturated rings. The van der Waals surface area contributed by atoms with Crippen LogP contribution in [0.1, 0.15) is 5.56 Å². The Hall–Kier alpha value is -1.38. The summed E-state index contributed by atoms with van der Waals surface area (Å²) in [5.41, 5.74) is 6.18. The molecule has 0 aliphatic rings. The molecule has 0 spiro atoms. The smallest absolute Gasteiger partial charge is 0.134 e. The first kappa shape index (κ1) is 5.75. The van der Waals surface area contributed by atoms with E-state index in [0.717, 1.165) is 5.56 Å². The average molecular weight is 121 g/mol. The van der Waals surface area contributed by atoms with E-state index < -0.39 is 0 Å². The van der Waals surface area contributed by atoms with Crippen molar-refractivity contribution in [3.63, 3.8) is 0 Å². The molecule has 0 radical (unpaired) electrons. The molecule has 46 valence electrons. The van der Waals surface area contributed by atoms with Gasteiger partial charge in [0, 0.05) is 11.8 Å². The van der Waals surface area contributed by atoms with Gasteiger partial charge in [0.1, 0.15) is 12.1 Å². The summed E-state index contributed by atoms with van der Waals surface area (Å²) in [7, 11) is 0. The molecule has 3 nitrogen and oxygen atoms in total. The van der Waals surface area contributed by atoms with Crippen LogP contribution in [0.25, 0.3) is 6.08 Å². The summed E-state index contributed by atoms with van der Waals surface area (Å²) < 4.78 is 0. The number of nitrogen functional groups attached to an aromatic ring is 1. The monoisotopic (exact) mass is 121 g/mol. The molecule has 0 aromatic carbocycles. The van der Waals surface area contributed by atoms with Crippen LogP contribution >= 0.6 is 0 Å². The predicted octanol–water partition coefficient (Wildman–Crippen LogP) is 0.702. The van der Waals surface area contributed by atoms with Gasteiger partial charge in [-0.1, -0.05) is 12.7 Å². The second-order valence-corrected chi connectivity index (χ2v) is 1.57. The number of anilines is 1. The molecule has 0 aliphatic heterocycles. The Morgan fingerprint density at radius 2 is 2.44 bits per heavy atom. The quantitative estimate of drug-likeness (QED) is 0.595. The van der Waals surface area contributed by atoms with E-state index in [1.165, 1.54) is 6.33 Å². The highest BCUT2D eigenvalue weighted by atomic mass is 14.9. The Bertz CT molecular complexity index is 219. The second kappa shape index (κ2) is 2.26. The summed E-state index contributed by atoms with van der Waals surface area (Å²) in [4.78, 5) is 7.50. The molecule has 0 unspecified atom stereocenters. The Balaban J connectivity index is 3.15. The maximum absolute atomic E-state index is 5.41. The van der Waals surface area contributed by atoms with Crippen molar-refractivity contribution in [2.24, 2.45) is 0 Å². The fourth-order valence-corrected chi connectivity index (χ4v) is 0.507. The molecule has 0 saturated heterocycles. The summed E-state index contributed by atoms with van der Waals surface area (Å²) in [5, 5.41) is 0. The van der Waals surface area contributed by atoms with Crippen molar-refractivity contribution in [3.8, 4) is 0 Å². The number of nitrogens with two attached hydrogens (primary N) is 1. The molecule has 3 heteroatoms. The highest BCUT2D eigenvalue weighted by molar-refractivity contribution is 5.57. The molecule has 1 aromatic rings. The SMILES string of the molecule is C=Cc1cncnc1N. The van der Waals surface area contributed by atoms with E-state index in [1.54, 1.807) is 12.3 Å². The zero-order chi connectivity index (χ0) is 6.69. The Morgan fingerprint density at radius 1 is 1.67 bits per heavy atom. The molecule has 1 rings (SSSR count). The normalized spacial score (nSPS) is 8.89. The van der Waals surface area contributed by atoms with Crippen LogP contribution in [0.2, 0.25) is 0 Å². The largest absolute Gasteiger partial charge is 0.383 e. The van der Waals surface area contributed by atoms with Gasteiger partial charge in [-0.3, -0.25) is 0 Å². The lowest BCUT2D eigenvalue weighted by Gasteiger charge is -1.93. The summed E-state index contributed by atoms with van der Waals surface area (Å²) in [6.07, 6.45) is 4.65. The highest BCUT2D eigenvalue weighted by Gasteiger charge is 1.90. The van der Waals surface area contributed by atoms with Gasteiger partial charge in [0.25, 0.3) is 0 Å². The van der Waals surface area contributed by atoms with Crippen LogP contribution in [-0.2, 0) is 0 Å². The highest BCUT2D eigenvalue weighted by Crippen LogP contribution is 2.04. The van der Waals surface area contributed by atoms with Gasteiger partial charge in [0.05, 0.1) is 0 Å². The van der Waals surface area contributed by atoms with Crippen molar-refractivity contribution in [1.82, 2.24) is 9.97 Å². The summed E-state index contributed by atoms with van der Waals surface area (Å²) in [6.45, 7) is 3.53. The second-order valence-electron chi connectivity index (χ2n) is 1.57. The van der Waals surface area contributed by atoms with E-state index in [0.29, 0.717) is 5.82 Å². The van der Waals surface area contributed by atoms with Crippen molar-refractivity contribution in [2.45, 2.75) is 0 Å². The lowest BCUT2D eigenvalue weighted by atomic mass is 10.3. The third-order valence-electron chi connectivity index (χ3n) is 0.993. The van der Waals surface area contributed by atoms with Crippen LogP contribution in [-0.4, -0.2) is 9.97 Å². The van der Waals surface area contributed by atoms with Crippen LogP contribution in [0.4, 0.5) is 5.82 Å². The van der Waals surface area contributed by atoms with E-state index in [2.05, 4.69) is 16.5 Å². The summed E-state index contributed by atoms with van der Waals surface area (Å²) in [5.74, 6) is 0.472. The number of hydrogen-bond donors (Lipinski definition) is 1. The fourth-order valence-electron chi connectivity index (χ4n) is 0.507. The van der Waals surface area contributed by atoms with Gasteiger partial charge in [-0.15, -0.1) is 0 Å². The van der Waals surface area contributed by atoms with E-state index in [9.17, 15) is 0 Å². The van der Waals surface area contributed by atoms with Gasteiger partial charge in [-0.2, -0.15) is 0 Å². The maximum Gasteiger partial charge on any atom is 0.134 e. The van der Waals surface area contributed by atoms with Crippen molar-refractivity contribution < 1.29 is 0 Å². The van der Waals surface area contributed by atoms with E-state index in [1.807, 2.05) is 0 Å². The van der Waals surface area contributed by atoms with Crippen molar-refractivity contribution >= 4 is 11.9 Å². The third kappa shape index (κ3) is 1.05. The molecule has 0 aliphatic carbocycles. The number of hydrogen-bond acceptors (Lipinski definition) is 3. The molecule has 2 N–H and O–H groups in total. The van der Waals surface area contributed by atoms with Crippen molar-refractivity contribution in [1.29, 1.82) is 0 Å². The number of nitrogens with zero attached hydrogens (tertiary/aromatic N) is 2. The van der Waals surface area contributed by atoms with Crippen LogP contribution < -0.4 is 5.73 Å². The van der Waals surface area contributed by atoms with Crippen LogP contribution in [0.15, 0.2) is 19.1 Å². The average Bonchev–Trinajstić information content (AvgIpc) is 1.89. The fraction of sp³-hybridized carbons (Fsp3) is 0. The maximum atomic E-state index is 5.41. The van der Waals surface area contributed by atoms with Crippen LogP contribution in [0.5, 0.6) is 0 Å². The zero-order valence-electron chi connectivity index (χ0n) is 4.91. The summed E-state index contributed by atoms with van der Waals surface area (Å²) >= 11 is 0. The Labute approximate surface area is 53.3 Å². The van der Waals surface area contributed by atoms with E-state index in [4.69, 9.17) is 5.73 Å². The van der Waals surface area contributed by atoms with Gasteiger partial charge in [0.15, 0.2) is 0 Å². The van der Waals surface area contributed by atoms with Gasteiger partial charge in [0.2, 0.25) is 0 Å². The van der Waals surface area contributed by atoms with Gasteiger partial charge in [-0.25, -0.2) is 9.97 Å². The lowest BCUT2D eigenvalue weighted by molar-refractivity contribution is 1.17. The minimum absolute atomic E-state index is 0.472. The van der Waals surface area contributed by atoms with Crippen LogP contribution in [0, 0.1) is 0 Å². The number of rotatable bonds is 1.